The van der Waals surface area contributed by atoms with E-state index in [1.165, 1.54) is 0 Å². The molecule has 100 valence electrons. The Hall–Kier alpha value is -0.410. The van der Waals surface area contributed by atoms with Gasteiger partial charge in [-0.05, 0) is 19.3 Å². The van der Waals surface area contributed by atoms with E-state index in [0.717, 1.165) is 38.5 Å². The van der Waals surface area contributed by atoms with Crippen LogP contribution in [0.3, 0.4) is 0 Å². The molecule has 2 N–H and O–H groups in total. The Morgan fingerprint density at radius 1 is 1.18 bits per heavy atom. The second-order valence-corrected chi connectivity index (χ2v) is 5.42. The van der Waals surface area contributed by atoms with Crippen LogP contribution in [0.1, 0.15) is 58.3 Å². The maximum Gasteiger partial charge on any atom is 0.135 e. The fraction of sp³-hybridized carbons (Fsp3) is 0.929. The van der Waals surface area contributed by atoms with Crippen molar-refractivity contribution in [1.82, 2.24) is 0 Å². The predicted molar refractivity (Wildman–Crippen MR) is 67.7 cm³/mol. The Morgan fingerprint density at radius 2 is 1.82 bits per heavy atom. The van der Waals surface area contributed by atoms with E-state index in [9.17, 15) is 15.0 Å². The van der Waals surface area contributed by atoms with Gasteiger partial charge in [0.2, 0.25) is 0 Å². The van der Waals surface area contributed by atoms with Crippen molar-refractivity contribution in [3.8, 4) is 0 Å². The van der Waals surface area contributed by atoms with Crippen LogP contribution in [0.5, 0.6) is 0 Å². The van der Waals surface area contributed by atoms with Gasteiger partial charge in [0.05, 0.1) is 6.10 Å². The normalized spacial score (nSPS) is 33.8. The zero-order valence-corrected chi connectivity index (χ0v) is 10.9. The second kappa shape index (κ2) is 7.83. The first-order chi connectivity index (χ1) is 8.15. The van der Waals surface area contributed by atoms with Crippen molar-refractivity contribution in [2.75, 3.05) is 6.61 Å². The summed E-state index contributed by atoms with van der Waals surface area (Å²) in [4.78, 5) is 11.8. The molecule has 17 heavy (non-hydrogen) atoms. The molecule has 0 amide bonds. The lowest BCUT2D eigenvalue weighted by atomic mass is 9.86. The molecule has 0 saturated heterocycles. The molecule has 3 nitrogen and oxygen atoms in total. The van der Waals surface area contributed by atoms with Gasteiger partial charge in [0.25, 0.3) is 0 Å². The fourth-order valence-corrected chi connectivity index (χ4v) is 2.57. The molecule has 1 aliphatic carbocycles. The summed E-state index contributed by atoms with van der Waals surface area (Å²) < 4.78 is 0. The van der Waals surface area contributed by atoms with Gasteiger partial charge in [-0.1, -0.05) is 32.6 Å². The molecular formula is C14H26O3. The van der Waals surface area contributed by atoms with Crippen LogP contribution in [0.25, 0.3) is 0 Å². The lowest BCUT2D eigenvalue weighted by Gasteiger charge is -2.24. The van der Waals surface area contributed by atoms with Gasteiger partial charge in [-0.25, -0.2) is 0 Å². The highest BCUT2D eigenvalue weighted by atomic mass is 16.3. The van der Waals surface area contributed by atoms with E-state index in [-0.39, 0.29) is 24.2 Å². The maximum atomic E-state index is 11.8. The quantitative estimate of drug-likeness (QED) is 0.741. The Balaban J connectivity index is 2.55. The molecule has 3 atom stereocenters. The summed E-state index contributed by atoms with van der Waals surface area (Å²) in [6, 6.07) is 0. The summed E-state index contributed by atoms with van der Waals surface area (Å²) in [5.74, 6) is 0.143. The van der Waals surface area contributed by atoms with Crippen molar-refractivity contribution in [2.45, 2.75) is 64.4 Å². The molecule has 1 rings (SSSR count). The van der Waals surface area contributed by atoms with Crippen LogP contribution in [0, 0.1) is 11.8 Å². The number of hydrogen-bond acceptors (Lipinski definition) is 3. The molecule has 0 aromatic carbocycles. The summed E-state index contributed by atoms with van der Waals surface area (Å²) in [5.41, 5.74) is 0. The van der Waals surface area contributed by atoms with Crippen LogP contribution >= 0.6 is 0 Å². The third-order valence-electron chi connectivity index (χ3n) is 3.92. The van der Waals surface area contributed by atoms with E-state index < -0.39 is 6.10 Å². The average molecular weight is 242 g/mol. The number of rotatable bonds is 1. The van der Waals surface area contributed by atoms with Crippen LogP contribution in [0.4, 0.5) is 0 Å². The van der Waals surface area contributed by atoms with Gasteiger partial charge in [-0.2, -0.15) is 0 Å². The molecule has 1 saturated carbocycles. The monoisotopic (exact) mass is 242 g/mol. The predicted octanol–water partition coefficient (Wildman–Crippen LogP) is 2.30. The van der Waals surface area contributed by atoms with Gasteiger partial charge in [0, 0.05) is 24.9 Å². The molecule has 0 aliphatic heterocycles. The Morgan fingerprint density at radius 3 is 2.53 bits per heavy atom. The van der Waals surface area contributed by atoms with Gasteiger partial charge in [0.1, 0.15) is 5.78 Å². The minimum Gasteiger partial charge on any atom is -0.396 e. The number of ketones is 1. The number of carbonyl (C=O) groups excluding carboxylic acids is 1. The first kappa shape index (κ1) is 14.7. The molecule has 0 radical (unpaired) electrons. The lowest BCUT2D eigenvalue weighted by molar-refractivity contribution is -0.123. The van der Waals surface area contributed by atoms with Gasteiger partial charge in [0.15, 0.2) is 0 Å². The third kappa shape index (κ3) is 5.17. The molecule has 0 aromatic heterocycles. The number of aliphatic hydroxyl groups is 2. The van der Waals surface area contributed by atoms with Crippen LogP contribution in [0.15, 0.2) is 0 Å². The molecule has 0 aromatic rings. The third-order valence-corrected chi connectivity index (χ3v) is 3.92. The first-order valence-electron chi connectivity index (χ1n) is 6.96. The minimum absolute atomic E-state index is 0.0298. The van der Waals surface area contributed by atoms with E-state index in [2.05, 4.69) is 0 Å². The van der Waals surface area contributed by atoms with Gasteiger partial charge < -0.3 is 10.2 Å². The van der Waals surface area contributed by atoms with Gasteiger partial charge in [-0.3, -0.25) is 4.79 Å². The minimum atomic E-state index is -0.529. The van der Waals surface area contributed by atoms with Crippen LogP contribution in [-0.2, 0) is 4.79 Å². The van der Waals surface area contributed by atoms with E-state index in [1.54, 1.807) is 0 Å². The van der Waals surface area contributed by atoms with E-state index in [4.69, 9.17) is 0 Å². The fourth-order valence-electron chi connectivity index (χ4n) is 2.57. The standard InChI is InChI=1S/C14H26O3/c1-11-9-14(17)12(10-15)7-5-3-2-4-6-8-13(11)16/h11-12,14-15,17H,2-10H2,1H3/t11?,12-,14+/m1/s1. The van der Waals surface area contributed by atoms with Crippen LogP contribution < -0.4 is 0 Å². The molecule has 1 aliphatic rings. The highest BCUT2D eigenvalue weighted by molar-refractivity contribution is 5.80. The lowest BCUT2D eigenvalue weighted by Crippen LogP contribution is -2.28. The molecule has 1 unspecified atom stereocenters. The van der Waals surface area contributed by atoms with Crippen molar-refractivity contribution >= 4 is 5.78 Å². The highest BCUT2D eigenvalue weighted by Gasteiger charge is 2.23. The molecule has 3 heteroatoms. The van der Waals surface area contributed by atoms with Crippen LogP contribution in [-0.4, -0.2) is 28.7 Å². The topological polar surface area (TPSA) is 57.5 Å². The Labute approximate surface area is 104 Å². The summed E-state index contributed by atoms with van der Waals surface area (Å²) in [7, 11) is 0. The summed E-state index contributed by atoms with van der Waals surface area (Å²) >= 11 is 0. The molecule has 1 fully saturated rings. The Bertz CT molecular complexity index is 228. The number of Topliss-reactive ketones (excluding diaryl/α,β-unsaturated/α-hetero) is 1. The van der Waals surface area contributed by atoms with E-state index in [0.29, 0.717) is 12.8 Å². The number of hydrogen-bond donors (Lipinski definition) is 2. The van der Waals surface area contributed by atoms with Gasteiger partial charge in [-0.15, -0.1) is 0 Å². The van der Waals surface area contributed by atoms with E-state index in [1.807, 2.05) is 6.92 Å². The van der Waals surface area contributed by atoms with Crippen LogP contribution in [0.2, 0.25) is 0 Å². The first-order valence-corrected chi connectivity index (χ1v) is 6.96. The summed E-state index contributed by atoms with van der Waals surface area (Å²) in [6.07, 6.45) is 7.00. The molecule has 0 spiro atoms. The zero-order valence-electron chi connectivity index (χ0n) is 10.9. The average Bonchev–Trinajstić information content (AvgIpc) is 2.30. The van der Waals surface area contributed by atoms with E-state index >= 15 is 0 Å². The maximum absolute atomic E-state index is 11.8. The highest BCUT2D eigenvalue weighted by Crippen LogP contribution is 2.22. The van der Waals surface area contributed by atoms with Crippen molar-refractivity contribution in [3.05, 3.63) is 0 Å². The SMILES string of the molecule is CC1C[C@H](O)[C@@H](CO)CCCCCCCC1=O. The second-order valence-electron chi connectivity index (χ2n) is 5.42. The van der Waals surface area contributed by atoms with Crippen molar-refractivity contribution in [3.63, 3.8) is 0 Å². The summed E-state index contributed by atoms with van der Waals surface area (Å²) in [5, 5.41) is 19.3. The number of aliphatic hydroxyl groups excluding tert-OH is 2. The summed E-state index contributed by atoms with van der Waals surface area (Å²) in [6.45, 7) is 1.92. The number of carbonyl (C=O) groups is 1. The molecule has 0 bridgehead atoms. The molecule has 0 heterocycles. The molecular weight excluding hydrogens is 216 g/mol. The van der Waals surface area contributed by atoms with Crippen molar-refractivity contribution in [1.29, 1.82) is 0 Å². The Kier molecular flexibility index (Phi) is 6.75. The van der Waals surface area contributed by atoms with Crippen molar-refractivity contribution < 1.29 is 15.0 Å². The van der Waals surface area contributed by atoms with Gasteiger partial charge >= 0.3 is 0 Å². The van der Waals surface area contributed by atoms with Crippen molar-refractivity contribution in [2.24, 2.45) is 11.8 Å². The smallest absolute Gasteiger partial charge is 0.135 e. The zero-order chi connectivity index (χ0) is 12.7. The largest absolute Gasteiger partial charge is 0.396 e.